The summed E-state index contributed by atoms with van der Waals surface area (Å²) in [5.41, 5.74) is 0. The second-order valence-corrected chi connectivity index (χ2v) is 2.01. The van der Waals surface area contributed by atoms with Crippen molar-refractivity contribution in [2.24, 2.45) is 0 Å². The van der Waals surface area contributed by atoms with Crippen molar-refractivity contribution in [3.63, 3.8) is 0 Å². The molecule has 1 heteroatoms. The first-order valence-corrected chi connectivity index (χ1v) is 3.35. The molecule has 1 radical (unpaired) electrons. The minimum atomic E-state index is 1.27. The molecule has 0 saturated heterocycles. The molecule has 0 aliphatic rings. The molecule has 0 rings (SSSR count). The lowest BCUT2D eigenvalue weighted by Crippen LogP contribution is -1.67. The van der Waals surface area contributed by atoms with Crippen LogP contribution in [0.5, 0.6) is 0 Å². The first-order valence-electron chi connectivity index (χ1n) is 2.19. The van der Waals surface area contributed by atoms with Gasteiger partial charge in [-0.15, -0.1) is 0 Å². The predicted molar refractivity (Wildman–Crippen MR) is 29.1 cm³/mol. The van der Waals surface area contributed by atoms with Crippen molar-refractivity contribution in [1.82, 2.24) is 0 Å². The number of unbranched alkanes of at least 4 members (excludes halogenated alkanes) is 1. The maximum absolute atomic E-state index is 2.32. The highest BCUT2D eigenvalue weighted by molar-refractivity contribution is 6.14. The Balaban J connectivity index is 2.19. The Morgan fingerprint density at radius 1 is 1.80 bits per heavy atom. The van der Waals surface area contributed by atoms with Crippen LogP contribution in [0.1, 0.15) is 19.8 Å². The Morgan fingerprint density at radius 3 is 2.40 bits per heavy atom. The smallest absolute Gasteiger partial charge is 0.00667 e. The third-order valence-electron chi connectivity index (χ3n) is 0.577. The van der Waals surface area contributed by atoms with Crippen molar-refractivity contribution in [2.75, 3.05) is 0 Å². The molecule has 0 aliphatic heterocycles. The zero-order chi connectivity index (χ0) is 4.12. The van der Waals surface area contributed by atoms with E-state index in [1.54, 1.807) is 0 Å². The van der Waals surface area contributed by atoms with Crippen LogP contribution in [0.25, 0.3) is 0 Å². The molecule has 0 atom stereocenters. The lowest BCUT2D eigenvalue weighted by Gasteiger charge is -1.78. The molecule has 0 unspecified atom stereocenters. The normalized spacial score (nSPS) is 9.00. The van der Waals surface area contributed by atoms with E-state index in [-0.39, 0.29) is 0 Å². The highest BCUT2D eigenvalue weighted by atomic mass is 28.1. The van der Waals surface area contributed by atoms with E-state index in [2.05, 4.69) is 13.0 Å². The van der Waals surface area contributed by atoms with E-state index in [9.17, 15) is 0 Å². The van der Waals surface area contributed by atoms with Gasteiger partial charge in [0.25, 0.3) is 0 Å². The summed E-state index contributed by atoms with van der Waals surface area (Å²) in [6.07, 6.45) is 2.65. The average Bonchev–Trinajstić information content (AvgIpc) is 1.41. The lowest BCUT2D eigenvalue weighted by molar-refractivity contribution is 0.942. The van der Waals surface area contributed by atoms with Gasteiger partial charge in [-0.1, -0.05) is 25.8 Å². The molecule has 31 valence electrons. The summed E-state index contributed by atoms with van der Waals surface area (Å²) in [4.78, 5) is 0. The van der Waals surface area contributed by atoms with Gasteiger partial charge in [0, 0.05) is 10.2 Å². The van der Waals surface area contributed by atoms with Crippen LogP contribution in [0.3, 0.4) is 0 Å². The molecule has 0 aliphatic carbocycles. The van der Waals surface area contributed by atoms with E-state index in [4.69, 9.17) is 0 Å². The van der Waals surface area contributed by atoms with Crippen LogP contribution in [0, 0.1) is 6.04 Å². The molecule has 0 aromatic rings. The minimum absolute atomic E-state index is 1.27. The standard InChI is InChI=1S/C4H11Si/c1-2-3-4-5/h4H,2-3H2,1,5H3. The van der Waals surface area contributed by atoms with Crippen molar-refractivity contribution in [1.29, 1.82) is 0 Å². The Kier molecular flexibility index (Phi) is 4.40. The SMILES string of the molecule is CCC[CH][SiH3]. The molecule has 0 saturated carbocycles. The van der Waals surface area contributed by atoms with Crippen molar-refractivity contribution >= 4 is 10.2 Å². The van der Waals surface area contributed by atoms with E-state index in [0.29, 0.717) is 0 Å². The lowest BCUT2D eigenvalue weighted by atomic mass is 10.4. The van der Waals surface area contributed by atoms with Crippen LogP contribution < -0.4 is 0 Å². The molecule has 0 aromatic heterocycles. The minimum Gasteiger partial charge on any atom is -0.0654 e. The second-order valence-electron chi connectivity index (χ2n) is 1.20. The fraction of sp³-hybridized carbons (Fsp3) is 0.750. The van der Waals surface area contributed by atoms with E-state index in [1.807, 2.05) is 0 Å². The monoisotopic (exact) mass is 87.1 g/mol. The van der Waals surface area contributed by atoms with Crippen LogP contribution in [-0.4, -0.2) is 10.2 Å². The quantitative estimate of drug-likeness (QED) is 0.425. The molecule has 0 nitrogen and oxygen atoms in total. The Hall–Kier alpha value is 0.217. The van der Waals surface area contributed by atoms with Crippen LogP contribution in [0.15, 0.2) is 0 Å². The zero-order valence-corrected chi connectivity index (χ0v) is 5.99. The Morgan fingerprint density at radius 2 is 2.40 bits per heavy atom. The molecule has 5 heavy (non-hydrogen) atoms. The van der Waals surface area contributed by atoms with Crippen molar-refractivity contribution < 1.29 is 0 Å². The van der Waals surface area contributed by atoms with Crippen molar-refractivity contribution in [2.45, 2.75) is 19.8 Å². The van der Waals surface area contributed by atoms with Gasteiger partial charge in [0.2, 0.25) is 0 Å². The van der Waals surface area contributed by atoms with Gasteiger partial charge in [0.1, 0.15) is 0 Å². The molecule has 0 bridgehead atoms. The third kappa shape index (κ3) is 4.22. The summed E-state index contributed by atoms with van der Waals surface area (Å²) in [7, 11) is 1.27. The summed E-state index contributed by atoms with van der Waals surface area (Å²) in [5, 5.41) is 0. The summed E-state index contributed by atoms with van der Waals surface area (Å²) in [6.45, 7) is 2.20. The summed E-state index contributed by atoms with van der Waals surface area (Å²) in [5.74, 6) is 0. The third-order valence-corrected chi connectivity index (χ3v) is 1.15. The van der Waals surface area contributed by atoms with Gasteiger partial charge in [-0.3, -0.25) is 0 Å². The molecular weight excluding hydrogens is 76.1 g/mol. The first kappa shape index (κ1) is 5.22. The number of hydrogen-bond donors (Lipinski definition) is 0. The molecule has 0 N–H and O–H groups in total. The van der Waals surface area contributed by atoms with Gasteiger partial charge >= 0.3 is 0 Å². The van der Waals surface area contributed by atoms with Gasteiger partial charge in [0.15, 0.2) is 0 Å². The Labute approximate surface area is 37.0 Å². The van der Waals surface area contributed by atoms with Gasteiger partial charge < -0.3 is 0 Å². The van der Waals surface area contributed by atoms with Crippen molar-refractivity contribution in [3.05, 3.63) is 6.04 Å². The molecule has 0 heterocycles. The Bertz CT molecular complexity index is 11.1. The van der Waals surface area contributed by atoms with E-state index in [0.717, 1.165) is 0 Å². The number of rotatable bonds is 2. The van der Waals surface area contributed by atoms with Crippen LogP contribution in [0.2, 0.25) is 0 Å². The van der Waals surface area contributed by atoms with E-state index >= 15 is 0 Å². The fourth-order valence-corrected chi connectivity index (χ4v) is 0.866. The van der Waals surface area contributed by atoms with Crippen LogP contribution in [0.4, 0.5) is 0 Å². The highest BCUT2D eigenvalue weighted by Gasteiger charge is 1.68. The van der Waals surface area contributed by atoms with Gasteiger partial charge in [0.05, 0.1) is 0 Å². The predicted octanol–water partition coefficient (Wildman–Crippen LogP) is 0.314. The fourth-order valence-electron chi connectivity index (χ4n) is 0.289. The van der Waals surface area contributed by atoms with E-state index in [1.165, 1.54) is 23.1 Å². The largest absolute Gasteiger partial charge is 0.0654 e. The zero-order valence-electron chi connectivity index (χ0n) is 3.99. The molecular formula is C4H11Si. The maximum Gasteiger partial charge on any atom is 0.00667 e. The van der Waals surface area contributed by atoms with E-state index < -0.39 is 0 Å². The second kappa shape index (κ2) is 4.22. The summed E-state index contributed by atoms with van der Waals surface area (Å²) >= 11 is 0. The summed E-state index contributed by atoms with van der Waals surface area (Å²) in [6, 6.07) is 2.32. The van der Waals surface area contributed by atoms with Gasteiger partial charge in [-0.2, -0.15) is 0 Å². The molecule has 0 spiro atoms. The van der Waals surface area contributed by atoms with Gasteiger partial charge in [-0.05, 0) is 0 Å². The molecule has 0 aromatic carbocycles. The first-order chi connectivity index (χ1) is 2.41. The van der Waals surface area contributed by atoms with Gasteiger partial charge in [-0.25, -0.2) is 0 Å². The maximum atomic E-state index is 2.32. The number of hydrogen-bond acceptors (Lipinski definition) is 0. The molecule has 0 amide bonds. The highest BCUT2D eigenvalue weighted by Crippen LogP contribution is 1.83. The topological polar surface area (TPSA) is 0 Å². The van der Waals surface area contributed by atoms with Crippen molar-refractivity contribution in [3.8, 4) is 0 Å². The molecule has 0 fully saturated rings. The van der Waals surface area contributed by atoms with Crippen LogP contribution >= 0.6 is 0 Å². The summed E-state index contributed by atoms with van der Waals surface area (Å²) < 4.78 is 0. The van der Waals surface area contributed by atoms with Crippen LogP contribution in [-0.2, 0) is 0 Å². The average molecular weight is 87.2 g/mol.